The van der Waals surface area contributed by atoms with Crippen LogP contribution < -0.4 is 5.32 Å². The van der Waals surface area contributed by atoms with Gasteiger partial charge in [-0.1, -0.05) is 55.7 Å². The van der Waals surface area contributed by atoms with Crippen molar-refractivity contribution < 1.29 is 0 Å². The average Bonchev–Trinajstić information content (AvgIpc) is 2.48. The highest BCUT2D eigenvalue weighted by Crippen LogP contribution is 2.49. The van der Waals surface area contributed by atoms with Crippen LogP contribution in [-0.2, 0) is 5.41 Å². The lowest BCUT2D eigenvalue weighted by atomic mass is 9.61. The van der Waals surface area contributed by atoms with E-state index >= 15 is 0 Å². The molecule has 1 N–H and O–H groups in total. The van der Waals surface area contributed by atoms with Gasteiger partial charge in [-0.3, -0.25) is 0 Å². The predicted molar refractivity (Wildman–Crippen MR) is 86.0 cm³/mol. The molecule has 1 spiro atoms. The monoisotopic (exact) mass is 269 g/mol. The van der Waals surface area contributed by atoms with Crippen LogP contribution in [0, 0.1) is 0 Å². The van der Waals surface area contributed by atoms with Gasteiger partial charge in [-0.05, 0) is 49.1 Å². The van der Waals surface area contributed by atoms with Crippen molar-refractivity contribution in [1.29, 1.82) is 0 Å². The Morgan fingerprint density at radius 1 is 1.20 bits per heavy atom. The fourth-order valence-corrected chi connectivity index (χ4v) is 4.25. The van der Waals surface area contributed by atoms with Crippen molar-refractivity contribution in [2.75, 3.05) is 6.54 Å². The van der Waals surface area contributed by atoms with Crippen molar-refractivity contribution in [2.24, 2.45) is 0 Å². The SMILES string of the molecule is C=C(C)CNC1CCC2(CCCCC2)c2ccccc21. The van der Waals surface area contributed by atoms with Crippen LogP contribution in [0.25, 0.3) is 0 Å². The summed E-state index contributed by atoms with van der Waals surface area (Å²) in [6.07, 6.45) is 9.70. The molecule has 1 heteroatoms. The van der Waals surface area contributed by atoms with Crippen molar-refractivity contribution >= 4 is 0 Å². The van der Waals surface area contributed by atoms with Crippen LogP contribution in [0.4, 0.5) is 0 Å². The first-order chi connectivity index (χ1) is 9.71. The van der Waals surface area contributed by atoms with Crippen molar-refractivity contribution in [1.82, 2.24) is 5.32 Å². The number of fused-ring (bicyclic) bond motifs is 2. The molecule has 20 heavy (non-hydrogen) atoms. The van der Waals surface area contributed by atoms with Crippen LogP contribution in [0.5, 0.6) is 0 Å². The third-order valence-electron chi connectivity index (χ3n) is 5.28. The lowest BCUT2D eigenvalue weighted by Gasteiger charge is -2.45. The summed E-state index contributed by atoms with van der Waals surface area (Å²) in [4.78, 5) is 0. The molecule has 1 fully saturated rings. The second-order valence-electron chi connectivity index (χ2n) is 6.86. The topological polar surface area (TPSA) is 12.0 Å². The summed E-state index contributed by atoms with van der Waals surface area (Å²) in [7, 11) is 0. The maximum atomic E-state index is 4.02. The zero-order chi connectivity index (χ0) is 14.0. The van der Waals surface area contributed by atoms with E-state index in [9.17, 15) is 0 Å². The summed E-state index contributed by atoms with van der Waals surface area (Å²) in [5.74, 6) is 0. The molecular formula is C19H27N. The van der Waals surface area contributed by atoms with E-state index in [-0.39, 0.29) is 0 Å². The Morgan fingerprint density at radius 3 is 2.70 bits per heavy atom. The van der Waals surface area contributed by atoms with Crippen molar-refractivity contribution in [3.63, 3.8) is 0 Å². The van der Waals surface area contributed by atoms with Crippen LogP contribution in [-0.4, -0.2) is 6.54 Å². The Labute approximate surface area is 123 Å². The van der Waals surface area contributed by atoms with Gasteiger partial charge in [0.15, 0.2) is 0 Å². The number of nitrogens with one attached hydrogen (secondary N) is 1. The third-order valence-corrected chi connectivity index (χ3v) is 5.28. The van der Waals surface area contributed by atoms with Crippen LogP contribution in [0.2, 0.25) is 0 Å². The van der Waals surface area contributed by atoms with E-state index in [0.29, 0.717) is 11.5 Å². The van der Waals surface area contributed by atoms with Gasteiger partial charge in [0.05, 0.1) is 0 Å². The normalized spacial score (nSPS) is 24.4. The summed E-state index contributed by atoms with van der Waals surface area (Å²) in [5, 5.41) is 3.70. The summed E-state index contributed by atoms with van der Waals surface area (Å²) >= 11 is 0. The van der Waals surface area contributed by atoms with E-state index in [4.69, 9.17) is 0 Å². The minimum absolute atomic E-state index is 0.496. The Bertz CT molecular complexity index is 482. The van der Waals surface area contributed by atoms with E-state index in [1.165, 1.54) is 50.5 Å². The number of hydrogen-bond donors (Lipinski definition) is 1. The summed E-state index contributed by atoms with van der Waals surface area (Å²) < 4.78 is 0. The smallest absolute Gasteiger partial charge is 0.0326 e. The molecule has 0 aromatic heterocycles. The Hall–Kier alpha value is -1.08. The Morgan fingerprint density at radius 2 is 1.95 bits per heavy atom. The van der Waals surface area contributed by atoms with Crippen LogP contribution in [0.1, 0.15) is 69.0 Å². The van der Waals surface area contributed by atoms with Crippen LogP contribution >= 0.6 is 0 Å². The van der Waals surface area contributed by atoms with Crippen molar-refractivity contribution in [2.45, 2.75) is 63.3 Å². The Kier molecular flexibility index (Phi) is 3.98. The first-order valence-electron chi connectivity index (χ1n) is 8.18. The zero-order valence-corrected chi connectivity index (χ0v) is 12.8. The minimum atomic E-state index is 0.496. The Balaban J connectivity index is 1.89. The third kappa shape index (κ3) is 2.56. The number of rotatable bonds is 3. The molecule has 1 aromatic carbocycles. The molecule has 2 aliphatic rings. The number of benzene rings is 1. The second kappa shape index (κ2) is 5.73. The first-order valence-corrected chi connectivity index (χ1v) is 8.18. The molecule has 1 saturated carbocycles. The van der Waals surface area contributed by atoms with E-state index in [1.54, 1.807) is 11.1 Å². The molecule has 3 rings (SSSR count). The lowest BCUT2D eigenvalue weighted by Crippen LogP contribution is -2.38. The highest BCUT2D eigenvalue weighted by Gasteiger charge is 2.39. The molecule has 0 heterocycles. The summed E-state index contributed by atoms with van der Waals surface area (Å²) in [5.41, 5.74) is 4.92. The molecule has 1 atom stereocenters. The van der Waals surface area contributed by atoms with Gasteiger partial charge in [-0.25, -0.2) is 0 Å². The molecule has 1 aromatic rings. The molecule has 0 radical (unpaired) electrons. The highest BCUT2D eigenvalue weighted by atomic mass is 14.9. The van der Waals surface area contributed by atoms with Crippen molar-refractivity contribution in [3.05, 3.63) is 47.5 Å². The fraction of sp³-hybridized carbons (Fsp3) is 0.579. The quantitative estimate of drug-likeness (QED) is 0.770. The molecule has 0 amide bonds. The molecule has 0 saturated heterocycles. The van der Waals surface area contributed by atoms with Crippen molar-refractivity contribution in [3.8, 4) is 0 Å². The van der Waals surface area contributed by atoms with E-state index < -0.39 is 0 Å². The van der Waals surface area contributed by atoms with Gasteiger partial charge in [0.2, 0.25) is 0 Å². The summed E-state index contributed by atoms with van der Waals surface area (Å²) in [6, 6.07) is 9.71. The maximum absolute atomic E-state index is 4.02. The van der Waals surface area contributed by atoms with Gasteiger partial charge in [0.25, 0.3) is 0 Å². The largest absolute Gasteiger partial charge is 0.306 e. The molecule has 1 unspecified atom stereocenters. The summed E-state index contributed by atoms with van der Waals surface area (Å²) in [6.45, 7) is 7.05. The molecule has 2 aliphatic carbocycles. The molecular weight excluding hydrogens is 242 g/mol. The number of hydrogen-bond acceptors (Lipinski definition) is 1. The predicted octanol–water partition coefficient (Wildman–Crippen LogP) is 4.89. The van der Waals surface area contributed by atoms with Gasteiger partial charge in [-0.2, -0.15) is 0 Å². The minimum Gasteiger partial charge on any atom is -0.306 e. The van der Waals surface area contributed by atoms with E-state index in [0.717, 1.165) is 6.54 Å². The van der Waals surface area contributed by atoms with Gasteiger partial charge in [-0.15, -0.1) is 0 Å². The van der Waals surface area contributed by atoms with E-state index in [2.05, 4.69) is 43.1 Å². The molecule has 0 bridgehead atoms. The van der Waals surface area contributed by atoms with Crippen LogP contribution in [0.15, 0.2) is 36.4 Å². The van der Waals surface area contributed by atoms with Gasteiger partial charge in [0.1, 0.15) is 0 Å². The van der Waals surface area contributed by atoms with Crippen LogP contribution in [0.3, 0.4) is 0 Å². The van der Waals surface area contributed by atoms with Gasteiger partial charge < -0.3 is 5.32 Å². The highest BCUT2D eigenvalue weighted by molar-refractivity contribution is 5.39. The standard InChI is InChI=1S/C19H27N/c1-15(2)14-20-18-10-13-19(11-6-3-7-12-19)17-9-5-4-8-16(17)18/h4-5,8-9,18,20H,1,3,6-7,10-14H2,2H3. The van der Waals surface area contributed by atoms with E-state index in [1.807, 2.05) is 0 Å². The second-order valence-corrected chi connectivity index (χ2v) is 6.86. The fourth-order valence-electron chi connectivity index (χ4n) is 4.25. The molecule has 108 valence electrons. The molecule has 1 nitrogen and oxygen atoms in total. The maximum Gasteiger partial charge on any atom is 0.0326 e. The van der Waals surface area contributed by atoms with Gasteiger partial charge >= 0.3 is 0 Å². The zero-order valence-electron chi connectivity index (χ0n) is 12.8. The van der Waals surface area contributed by atoms with Gasteiger partial charge in [0, 0.05) is 12.6 Å². The lowest BCUT2D eigenvalue weighted by molar-refractivity contribution is 0.236. The first kappa shape index (κ1) is 13.9. The molecule has 0 aliphatic heterocycles. The average molecular weight is 269 g/mol.